The molecule has 1 heterocycles. The summed E-state index contributed by atoms with van der Waals surface area (Å²) in [4.78, 5) is 0. The van der Waals surface area contributed by atoms with E-state index in [2.05, 4.69) is 29.6 Å². The highest BCUT2D eigenvalue weighted by Gasteiger charge is 2.21. The first-order valence-corrected chi connectivity index (χ1v) is 7.27. The van der Waals surface area contributed by atoms with Crippen LogP contribution < -0.4 is 5.32 Å². The van der Waals surface area contributed by atoms with Gasteiger partial charge in [-0.05, 0) is 49.3 Å². The molecule has 0 aromatic heterocycles. The Kier molecular flexibility index (Phi) is 3.46. The van der Waals surface area contributed by atoms with E-state index < -0.39 is 0 Å². The van der Waals surface area contributed by atoms with Crippen LogP contribution in [0.2, 0.25) is 0 Å². The first-order chi connectivity index (χ1) is 8.43. The average molecular weight is 229 g/mol. The molecule has 3 rings (SSSR count). The predicted molar refractivity (Wildman–Crippen MR) is 72.2 cm³/mol. The van der Waals surface area contributed by atoms with Gasteiger partial charge in [0.1, 0.15) is 0 Å². The Balaban J connectivity index is 1.76. The summed E-state index contributed by atoms with van der Waals surface area (Å²) in [7, 11) is 0. The maximum atomic E-state index is 3.70. The van der Waals surface area contributed by atoms with E-state index in [9.17, 15) is 0 Å². The minimum Gasteiger partial charge on any atom is -0.310 e. The summed E-state index contributed by atoms with van der Waals surface area (Å²) in [5.74, 6) is 0.862. The fourth-order valence-electron chi connectivity index (χ4n) is 3.08. The van der Waals surface area contributed by atoms with Gasteiger partial charge in [-0.25, -0.2) is 0 Å². The molecule has 1 atom stereocenters. The molecule has 2 aliphatic rings. The fraction of sp³-hybridized carbons (Fsp3) is 0.625. The number of benzene rings is 1. The molecule has 0 radical (unpaired) electrons. The summed E-state index contributed by atoms with van der Waals surface area (Å²) in [6, 6.07) is 9.97. The molecule has 0 spiro atoms. The summed E-state index contributed by atoms with van der Waals surface area (Å²) in [5.41, 5.74) is 3.11. The summed E-state index contributed by atoms with van der Waals surface area (Å²) >= 11 is 0. The molecule has 1 N–H and O–H groups in total. The topological polar surface area (TPSA) is 12.0 Å². The van der Waals surface area contributed by atoms with E-state index in [0.29, 0.717) is 6.04 Å². The minimum absolute atomic E-state index is 0.609. The summed E-state index contributed by atoms with van der Waals surface area (Å²) in [6.45, 7) is 1.19. The van der Waals surface area contributed by atoms with E-state index >= 15 is 0 Å². The van der Waals surface area contributed by atoms with Crippen molar-refractivity contribution in [3.63, 3.8) is 0 Å². The average Bonchev–Trinajstić information content (AvgIpc) is 2.55. The van der Waals surface area contributed by atoms with E-state index in [-0.39, 0.29) is 0 Å². The molecule has 0 amide bonds. The molecule has 92 valence electrons. The van der Waals surface area contributed by atoms with Crippen molar-refractivity contribution in [2.75, 3.05) is 6.54 Å². The molecule has 1 nitrogen and oxygen atoms in total. The standard InChI is InChI=1S/C16H23N/c1-2-10-16(17-11-3-1)15-9-5-8-14(12-15)13-6-4-7-13/h5,8-9,12-13,16-17H,1-4,6-7,10-11H2. The van der Waals surface area contributed by atoms with E-state index in [1.165, 1.54) is 57.1 Å². The van der Waals surface area contributed by atoms with Gasteiger partial charge in [0.2, 0.25) is 0 Å². The van der Waals surface area contributed by atoms with Gasteiger partial charge in [-0.3, -0.25) is 0 Å². The molecule has 1 saturated carbocycles. The van der Waals surface area contributed by atoms with E-state index in [1.807, 2.05) is 0 Å². The lowest BCUT2D eigenvalue weighted by molar-refractivity contribution is 0.418. The second-order valence-corrected chi connectivity index (χ2v) is 5.65. The van der Waals surface area contributed by atoms with E-state index in [1.54, 1.807) is 5.56 Å². The van der Waals surface area contributed by atoms with Crippen LogP contribution in [0.5, 0.6) is 0 Å². The number of rotatable bonds is 2. The molecule has 1 aliphatic heterocycles. The molecule has 1 unspecified atom stereocenters. The molecule has 17 heavy (non-hydrogen) atoms. The van der Waals surface area contributed by atoms with Crippen LogP contribution >= 0.6 is 0 Å². The summed E-state index contributed by atoms with van der Waals surface area (Å²) in [6.07, 6.45) is 9.67. The molecule has 1 aliphatic carbocycles. The Labute approximate surface area is 105 Å². The molecule has 1 heteroatoms. The van der Waals surface area contributed by atoms with Crippen molar-refractivity contribution in [3.05, 3.63) is 35.4 Å². The molecular weight excluding hydrogens is 206 g/mol. The SMILES string of the molecule is c1cc(C2CCC2)cc(C2CCCCCN2)c1. The van der Waals surface area contributed by atoms with Crippen LogP contribution in [0.4, 0.5) is 0 Å². The monoisotopic (exact) mass is 229 g/mol. The predicted octanol–water partition coefficient (Wildman–Crippen LogP) is 4.16. The third-order valence-corrected chi connectivity index (χ3v) is 4.45. The Morgan fingerprint density at radius 3 is 2.59 bits per heavy atom. The van der Waals surface area contributed by atoms with Crippen molar-refractivity contribution < 1.29 is 0 Å². The third kappa shape index (κ3) is 2.55. The van der Waals surface area contributed by atoms with Gasteiger partial charge >= 0.3 is 0 Å². The number of nitrogens with one attached hydrogen (secondary N) is 1. The minimum atomic E-state index is 0.609. The normalized spacial score (nSPS) is 26.2. The van der Waals surface area contributed by atoms with Crippen LogP contribution in [0.3, 0.4) is 0 Å². The lowest BCUT2D eigenvalue weighted by atomic mass is 9.79. The molecule has 2 fully saturated rings. The van der Waals surface area contributed by atoms with Gasteiger partial charge in [-0.1, -0.05) is 43.5 Å². The van der Waals surface area contributed by atoms with Crippen LogP contribution in [0, 0.1) is 0 Å². The Bertz CT molecular complexity index is 360. The third-order valence-electron chi connectivity index (χ3n) is 4.45. The Morgan fingerprint density at radius 2 is 1.76 bits per heavy atom. The van der Waals surface area contributed by atoms with Gasteiger partial charge < -0.3 is 5.32 Å². The Morgan fingerprint density at radius 1 is 0.882 bits per heavy atom. The van der Waals surface area contributed by atoms with E-state index in [4.69, 9.17) is 0 Å². The van der Waals surface area contributed by atoms with Crippen LogP contribution in [0.1, 0.15) is 68.0 Å². The van der Waals surface area contributed by atoms with Gasteiger partial charge in [0.25, 0.3) is 0 Å². The van der Waals surface area contributed by atoms with Crippen molar-refractivity contribution in [2.45, 2.75) is 56.9 Å². The summed E-state index contributed by atoms with van der Waals surface area (Å²) in [5, 5.41) is 3.70. The number of hydrogen-bond acceptors (Lipinski definition) is 1. The van der Waals surface area contributed by atoms with Crippen molar-refractivity contribution in [1.29, 1.82) is 0 Å². The molecule has 1 saturated heterocycles. The van der Waals surface area contributed by atoms with Crippen molar-refractivity contribution in [3.8, 4) is 0 Å². The van der Waals surface area contributed by atoms with Gasteiger partial charge in [0.15, 0.2) is 0 Å². The molecule has 1 aromatic carbocycles. The summed E-state index contributed by atoms with van der Waals surface area (Å²) < 4.78 is 0. The quantitative estimate of drug-likeness (QED) is 0.803. The zero-order chi connectivity index (χ0) is 11.5. The van der Waals surface area contributed by atoms with Gasteiger partial charge in [-0.2, -0.15) is 0 Å². The lowest BCUT2D eigenvalue weighted by Crippen LogP contribution is -2.20. The smallest absolute Gasteiger partial charge is 0.0320 e. The zero-order valence-electron chi connectivity index (χ0n) is 10.6. The zero-order valence-corrected chi connectivity index (χ0v) is 10.6. The van der Waals surface area contributed by atoms with Crippen molar-refractivity contribution in [1.82, 2.24) is 5.32 Å². The highest BCUT2D eigenvalue weighted by atomic mass is 14.9. The second-order valence-electron chi connectivity index (χ2n) is 5.65. The molecule has 1 aromatic rings. The fourth-order valence-corrected chi connectivity index (χ4v) is 3.08. The molecule has 0 bridgehead atoms. The first kappa shape index (κ1) is 11.3. The first-order valence-electron chi connectivity index (χ1n) is 7.27. The number of hydrogen-bond donors (Lipinski definition) is 1. The van der Waals surface area contributed by atoms with Crippen LogP contribution in [-0.2, 0) is 0 Å². The van der Waals surface area contributed by atoms with Crippen LogP contribution in [-0.4, -0.2) is 6.54 Å². The molecular formula is C16H23N. The maximum Gasteiger partial charge on any atom is 0.0320 e. The highest BCUT2D eigenvalue weighted by Crippen LogP contribution is 2.37. The maximum absolute atomic E-state index is 3.70. The Hall–Kier alpha value is -0.820. The van der Waals surface area contributed by atoms with E-state index in [0.717, 1.165) is 5.92 Å². The highest BCUT2D eigenvalue weighted by molar-refractivity contribution is 5.29. The largest absolute Gasteiger partial charge is 0.310 e. The van der Waals surface area contributed by atoms with Crippen molar-refractivity contribution in [2.24, 2.45) is 0 Å². The second kappa shape index (κ2) is 5.22. The van der Waals surface area contributed by atoms with Gasteiger partial charge in [0.05, 0.1) is 0 Å². The van der Waals surface area contributed by atoms with Crippen molar-refractivity contribution >= 4 is 0 Å². The van der Waals surface area contributed by atoms with Gasteiger partial charge in [-0.15, -0.1) is 0 Å². The van der Waals surface area contributed by atoms with Gasteiger partial charge in [0, 0.05) is 6.04 Å². The van der Waals surface area contributed by atoms with Crippen LogP contribution in [0.25, 0.3) is 0 Å². The lowest BCUT2D eigenvalue weighted by Gasteiger charge is -2.27. The van der Waals surface area contributed by atoms with Crippen LogP contribution in [0.15, 0.2) is 24.3 Å².